The maximum absolute atomic E-state index is 11.9. The van der Waals surface area contributed by atoms with E-state index in [-0.39, 0.29) is 11.9 Å². The maximum atomic E-state index is 11.9. The van der Waals surface area contributed by atoms with Crippen molar-refractivity contribution in [1.82, 2.24) is 9.88 Å². The SMILES string of the molecule is CCC(N)C(=O)N1CCN(c2nccs2)CC1. The Bertz CT molecular complexity index is 360. The molecule has 1 aromatic rings. The lowest BCUT2D eigenvalue weighted by atomic mass is 10.2. The zero-order valence-electron chi connectivity index (χ0n) is 10.0. The molecule has 0 aliphatic carbocycles. The maximum Gasteiger partial charge on any atom is 0.239 e. The number of carbonyl (C=O) groups is 1. The lowest BCUT2D eigenvalue weighted by molar-refractivity contribution is -0.132. The molecule has 1 unspecified atom stereocenters. The lowest BCUT2D eigenvalue weighted by Crippen LogP contribution is -2.53. The van der Waals surface area contributed by atoms with E-state index in [0.717, 1.165) is 31.3 Å². The Morgan fingerprint density at radius 1 is 1.53 bits per heavy atom. The second-order valence-electron chi connectivity index (χ2n) is 4.14. The number of aromatic nitrogens is 1. The van der Waals surface area contributed by atoms with E-state index in [1.807, 2.05) is 23.4 Å². The molecular weight excluding hydrogens is 236 g/mol. The number of hydrogen-bond acceptors (Lipinski definition) is 5. The highest BCUT2D eigenvalue weighted by Gasteiger charge is 2.24. The molecule has 0 aromatic carbocycles. The fourth-order valence-corrected chi connectivity index (χ4v) is 2.60. The summed E-state index contributed by atoms with van der Waals surface area (Å²) >= 11 is 1.64. The van der Waals surface area contributed by atoms with E-state index in [9.17, 15) is 4.79 Å². The number of nitrogens with zero attached hydrogens (tertiary/aromatic N) is 3. The first-order valence-corrected chi connectivity index (χ1v) is 6.79. The van der Waals surface area contributed by atoms with Gasteiger partial charge in [0.25, 0.3) is 0 Å². The summed E-state index contributed by atoms with van der Waals surface area (Å²) in [5.41, 5.74) is 5.76. The summed E-state index contributed by atoms with van der Waals surface area (Å²) in [6, 6.07) is -0.346. The van der Waals surface area contributed by atoms with Gasteiger partial charge in [0.05, 0.1) is 6.04 Å². The van der Waals surface area contributed by atoms with Crippen LogP contribution in [0.3, 0.4) is 0 Å². The first kappa shape index (κ1) is 12.3. The Balaban J connectivity index is 1.88. The Morgan fingerprint density at radius 2 is 2.24 bits per heavy atom. The summed E-state index contributed by atoms with van der Waals surface area (Å²) in [6.07, 6.45) is 2.51. The number of anilines is 1. The van der Waals surface area contributed by atoms with Crippen LogP contribution in [0.1, 0.15) is 13.3 Å². The van der Waals surface area contributed by atoms with Gasteiger partial charge in [-0.3, -0.25) is 4.79 Å². The van der Waals surface area contributed by atoms with Crippen LogP contribution in [0.15, 0.2) is 11.6 Å². The quantitative estimate of drug-likeness (QED) is 0.854. The second kappa shape index (κ2) is 5.46. The fourth-order valence-electron chi connectivity index (χ4n) is 1.90. The first-order chi connectivity index (χ1) is 8.22. The molecule has 0 radical (unpaired) electrons. The van der Waals surface area contributed by atoms with Gasteiger partial charge in [-0.15, -0.1) is 11.3 Å². The Labute approximate surface area is 105 Å². The molecule has 6 heteroatoms. The van der Waals surface area contributed by atoms with E-state index < -0.39 is 0 Å². The summed E-state index contributed by atoms with van der Waals surface area (Å²) in [5.74, 6) is 0.0753. The molecule has 94 valence electrons. The molecule has 5 nitrogen and oxygen atoms in total. The van der Waals surface area contributed by atoms with Gasteiger partial charge in [0.2, 0.25) is 5.91 Å². The molecule has 1 aliphatic rings. The molecule has 1 fully saturated rings. The van der Waals surface area contributed by atoms with E-state index >= 15 is 0 Å². The minimum atomic E-state index is -0.346. The summed E-state index contributed by atoms with van der Waals surface area (Å²) in [6.45, 7) is 5.11. The number of piperazine rings is 1. The average Bonchev–Trinajstić information content (AvgIpc) is 2.91. The standard InChI is InChI=1S/C11H18N4OS/c1-2-9(12)10(16)14-4-6-15(7-5-14)11-13-3-8-17-11/h3,8-9H,2,4-7,12H2,1H3. The van der Waals surface area contributed by atoms with Gasteiger partial charge in [-0.2, -0.15) is 0 Å². The number of hydrogen-bond donors (Lipinski definition) is 1. The molecule has 1 atom stereocenters. The lowest BCUT2D eigenvalue weighted by Gasteiger charge is -2.35. The number of rotatable bonds is 3. The van der Waals surface area contributed by atoms with E-state index in [1.54, 1.807) is 11.3 Å². The van der Waals surface area contributed by atoms with Gasteiger partial charge in [-0.1, -0.05) is 6.92 Å². The van der Waals surface area contributed by atoms with Crippen molar-refractivity contribution in [1.29, 1.82) is 0 Å². The molecule has 2 heterocycles. The minimum absolute atomic E-state index is 0.0753. The highest BCUT2D eigenvalue weighted by atomic mass is 32.1. The molecule has 0 saturated carbocycles. The number of thiazole rings is 1. The van der Waals surface area contributed by atoms with Crippen molar-refractivity contribution in [2.45, 2.75) is 19.4 Å². The smallest absolute Gasteiger partial charge is 0.239 e. The molecule has 1 amide bonds. The minimum Gasteiger partial charge on any atom is -0.345 e. The molecule has 2 N–H and O–H groups in total. The number of carbonyl (C=O) groups excluding carboxylic acids is 1. The second-order valence-corrected chi connectivity index (χ2v) is 5.01. The van der Waals surface area contributed by atoms with Crippen LogP contribution in [0.2, 0.25) is 0 Å². The van der Waals surface area contributed by atoms with Crippen LogP contribution in [-0.4, -0.2) is 48.0 Å². The molecule has 2 rings (SSSR count). The Kier molecular flexibility index (Phi) is 3.96. The Morgan fingerprint density at radius 3 is 2.76 bits per heavy atom. The largest absolute Gasteiger partial charge is 0.345 e. The van der Waals surface area contributed by atoms with E-state index in [0.29, 0.717) is 6.42 Å². The van der Waals surface area contributed by atoms with Crippen LogP contribution < -0.4 is 10.6 Å². The predicted octanol–water partition coefficient (Wildman–Crippen LogP) is 0.529. The first-order valence-electron chi connectivity index (χ1n) is 5.91. The molecule has 17 heavy (non-hydrogen) atoms. The van der Waals surface area contributed by atoms with Gasteiger partial charge < -0.3 is 15.5 Å². The monoisotopic (exact) mass is 254 g/mol. The molecule has 1 aromatic heterocycles. The van der Waals surface area contributed by atoms with Crippen molar-refractivity contribution >= 4 is 22.4 Å². The number of amides is 1. The van der Waals surface area contributed by atoms with Crippen molar-refractivity contribution in [3.8, 4) is 0 Å². The van der Waals surface area contributed by atoms with Gasteiger partial charge in [-0.05, 0) is 6.42 Å². The summed E-state index contributed by atoms with van der Waals surface area (Å²) in [7, 11) is 0. The highest BCUT2D eigenvalue weighted by Crippen LogP contribution is 2.19. The topological polar surface area (TPSA) is 62.5 Å². The van der Waals surface area contributed by atoms with Crippen LogP contribution in [0.25, 0.3) is 0 Å². The summed E-state index contributed by atoms with van der Waals surface area (Å²) in [5, 5.41) is 3.01. The molecule has 0 spiro atoms. The van der Waals surface area contributed by atoms with Crippen LogP contribution in [0.5, 0.6) is 0 Å². The third-order valence-electron chi connectivity index (χ3n) is 3.04. The third-order valence-corrected chi connectivity index (χ3v) is 3.87. The molecule has 0 bridgehead atoms. The normalized spacial score (nSPS) is 18.2. The van der Waals surface area contributed by atoms with E-state index in [2.05, 4.69) is 9.88 Å². The van der Waals surface area contributed by atoms with Gasteiger partial charge >= 0.3 is 0 Å². The average molecular weight is 254 g/mol. The molecule has 1 aliphatic heterocycles. The van der Waals surface area contributed by atoms with Crippen LogP contribution in [0.4, 0.5) is 5.13 Å². The summed E-state index contributed by atoms with van der Waals surface area (Å²) < 4.78 is 0. The van der Waals surface area contributed by atoms with Crippen molar-refractivity contribution in [2.75, 3.05) is 31.1 Å². The van der Waals surface area contributed by atoms with Crippen LogP contribution in [-0.2, 0) is 4.79 Å². The Hall–Kier alpha value is -1.14. The van der Waals surface area contributed by atoms with E-state index in [4.69, 9.17) is 5.73 Å². The van der Waals surface area contributed by atoms with Crippen molar-refractivity contribution in [3.05, 3.63) is 11.6 Å². The zero-order valence-corrected chi connectivity index (χ0v) is 10.8. The van der Waals surface area contributed by atoms with Crippen molar-refractivity contribution in [3.63, 3.8) is 0 Å². The summed E-state index contributed by atoms with van der Waals surface area (Å²) in [4.78, 5) is 20.2. The number of nitrogens with two attached hydrogens (primary N) is 1. The van der Waals surface area contributed by atoms with Gasteiger partial charge in [0.1, 0.15) is 0 Å². The van der Waals surface area contributed by atoms with Gasteiger partial charge in [-0.25, -0.2) is 4.98 Å². The van der Waals surface area contributed by atoms with Crippen molar-refractivity contribution in [2.24, 2.45) is 5.73 Å². The third kappa shape index (κ3) is 2.76. The van der Waals surface area contributed by atoms with Crippen LogP contribution in [0, 0.1) is 0 Å². The molecule has 1 saturated heterocycles. The molecular formula is C11H18N4OS. The van der Waals surface area contributed by atoms with Gasteiger partial charge in [0.15, 0.2) is 5.13 Å². The fraction of sp³-hybridized carbons (Fsp3) is 0.636. The van der Waals surface area contributed by atoms with Crippen LogP contribution >= 0.6 is 11.3 Å². The van der Waals surface area contributed by atoms with E-state index in [1.165, 1.54) is 0 Å². The van der Waals surface area contributed by atoms with Gasteiger partial charge in [0, 0.05) is 37.8 Å². The van der Waals surface area contributed by atoms with Crippen molar-refractivity contribution < 1.29 is 4.79 Å². The highest BCUT2D eigenvalue weighted by molar-refractivity contribution is 7.13. The predicted molar refractivity (Wildman–Crippen MR) is 69.2 cm³/mol. The zero-order chi connectivity index (χ0) is 12.3.